The first-order chi connectivity index (χ1) is 7.31. The lowest BCUT2D eigenvalue weighted by atomic mass is 10.1. The van der Waals surface area contributed by atoms with Crippen molar-refractivity contribution in [1.82, 2.24) is 0 Å². The van der Waals surface area contributed by atoms with Crippen LogP contribution >= 0.6 is 0 Å². The van der Waals surface area contributed by atoms with Gasteiger partial charge in [-0.1, -0.05) is 12.1 Å². The van der Waals surface area contributed by atoms with Gasteiger partial charge in [-0.2, -0.15) is 0 Å². The summed E-state index contributed by atoms with van der Waals surface area (Å²) in [6, 6.07) is 3.42. The van der Waals surface area contributed by atoms with E-state index in [1.807, 2.05) is 0 Å². The summed E-state index contributed by atoms with van der Waals surface area (Å²) in [7, 11) is -3.23. The first-order valence-electron chi connectivity index (χ1n) is 4.61. The Bertz CT molecular complexity index is 471. The van der Waals surface area contributed by atoms with Crippen molar-refractivity contribution in [3.05, 3.63) is 35.4 Å². The van der Waals surface area contributed by atoms with Crippen LogP contribution in [-0.4, -0.2) is 25.5 Å². The molecule has 0 amide bonds. The maximum absolute atomic E-state index is 13.2. The zero-order chi connectivity index (χ0) is 12.3. The van der Waals surface area contributed by atoms with E-state index in [0.717, 1.165) is 12.3 Å². The van der Waals surface area contributed by atoms with Crippen molar-refractivity contribution in [1.29, 1.82) is 0 Å². The summed E-state index contributed by atoms with van der Waals surface area (Å²) in [4.78, 5) is 0. The van der Waals surface area contributed by atoms with E-state index >= 15 is 0 Å². The van der Waals surface area contributed by atoms with Gasteiger partial charge in [0.1, 0.15) is 9.84 Å². The molecular formula is C10H12F2O3S. The smallest absolute Gasteiger partial charge is 0.164 e. The van der Waals surface area contributed by atoms with Crippen LogP contribution in [0, 0.1) is 11.6 Å². The molecular weight excluding hydrogens is 238 g/mol. The van der Waals surface area contributed by atoms with Crippen LogP contribution in [-0.2, 0) is 9.84 Å². The van der Waals surface area contributed by atoms with E-state index in [1.165, 1.54) is 12.1 Å². The maximum atomic E-state index is 13.2. The minimum Gasteiger partial charge on any atom is -0.388 e. The van der Waals surface area contributed by atoms with Crippen LogP contribution in [0.1, 0.15) is 18.1 Å². The van der Waals surface area contributed by atoms with Crippen molar-refractivity contribution >= 4 is 9.84 Å². The molecule has 0 bridgehead atoms. The molecule has 1 N–H and O–H groups in total. The predicted molar refractivity (Wildman–Crippen MR) is 55.6 cm³/mol. The van der Waals surface area contributed by atoms with Crippen molar-refractivity contribution in [2.24, 2.45) is 0 Å². The van der Waals surface area contributed by atoms with Crippen LogP contribution in [0.2, 0.25) is 0 Å². The summed E-state index contributed by atoms with van der Waals surface area (Å²) in [6.45, 7) is 0. The molecule has 0 aliphatic carbocycles. The fourth-order valence-corrected chi connectivity index (χ4v) is 1.91. The second-order valence-corrected chi connectivity index (χ2v) is 5.84. The van der Waals surface area contributed by atoms with Crippen LogP contribution in [0.4, 0.5) is 8.78 Å². The van der Waals surface area contributed by atoms with Gasteiger partial charge in [0.25, 0.3) is 0 Å². The lowest BCUT2D eigenvalue weighted by Crippen LogP contribution is -2.10. The van der Waals surface area contributed by atoms with E-state index in [9.17, 15) is 22.3 Å². The van der Waals surface area contributed by atoms with E-state index in [0.29, 0.717) is 0 Å². The summed E-state index contributed by atoms with van der Waals surface area (Å²) in [6.07, 6.45) is -0.452. The van der Waals surface area contributed by atoms with Gasteiger partial charge >= 0.3 is 0 Å². The molecule has 1 rings (SSSR count). The minimum absolute atomic E-state index is 0.154. The van der Waals surface area contributed by atoms with Gasteiger partial charge in [-0.25, -0.2) is 17.2 Å². The summed E-state index contributed by atoms with van der Waals surface area (Å²) in [5.41, 5.74) is -0.219. The Morgan fingerprint density at radius 2 is 2.00 bits per heavy atom. The van der Waals surface area contributed by atoms with E-state index in [-0.39, 0.29) is 17.7 Å². The first-order valence-corrected chi connectivity index (χ1v) is 6.67. The molecule has 90 valence electrons. The number of aliphatic hydroxyl groups is 1. The highest BCUT2D eigenvalue weighted by Gasteiger charge is 2.17. The zero-order valence-corrected chi connectivity index (χ0v) is 9.47. The fraction of sp³-hybridized carbons (Fsp3) is 0.400. The van der Waals surface area contributed by atoms with Crippen LogP contribution in [0.15, 0.2) is 18.2 Å². The van der Waals surface area contributed by atoms with E-state index < -0.39 is 27.6 Å². The Kier molecular flexibility index (Phi) is 3.98. The molecule has 16 heavy (non-hydrogen) atoms. The summed E-state index contributed by atoms with van der Waals surface area (Å²) >= 11 is 0. The van der Waals surface area contributed by atoms with Gasteiger partial charge in [-0.15, -0.1) is 0 Å². The summed E-state index contributed by atoms with van der Waals surface area (Å²) in [5, 5.41) is 9.52. The standard InChI is InChI=1S/C10H12F2O3S/c1-16(14,15)6-5-9(13)7-3-2-4-8(11)10(7)12/h2-4,9,13H,5-6H2,1H3. The monoisotopic (exact) mass is 250 g/mol. The molecule has 0 heterocycles. The number of hydrogen-bond acceptors (Lipinski definition) is 3. The third-order valence-corrected chi connectivity index (χ3v) is 3.08. The van der Waals surface area contributed by atoms with Crippen molar-refractivity contribution in [2.75, 3.05) is 12.0 Å². The Balaban J connectivity index is 2.81. The molecule has 1 aromatic rings. The van der Waals surface area contributed by atoms with Gasteiger partial charge in [0.15, 0.2) is 11.6 Å². The Labute approximate surface area is 92.6 Å². The van der Waals surface area contributed by atoms with Crippen molar-refractivity contribution in [2.45, 2.75) is 12.5 Å². The van der Waals surface area contributed by atoms with Gasteiger partial charge in [0, 0.05) is 11.8 Å². The average Bonchev–Trinajstić information content (AvgIpc) is 2.17. The molecule has 0 aromatic heterocycles. The molecule has 1 unspecified atom stereocenters. The predicted octanol–water partition coefficient (Wildman–Crippen LogP) is 1.43. The number of aliphatic hydroxyl groups excluding tert-OH is 1. The first kappa shape index (κ1) is 13.1. The normalized spacial score (nSPS) is 13.8. The summed E-state index contributed by atoms with van der Waals surface area (Å²) < 4.78 is 47.7. The number of rotatable bonds is 4. The second-order valence-electron chi connectivity index (χ2n) is 3.58. The topological polar surface area (TPSA) is 54.4 Å². The Morgan fingerprint density at radius 3 is 2.56 bits per heavy atom. The molecule has 0 radical (unpaired) electrons. The van der Waals surface area contributed by atoms with Gasteiger partial charge in [-0.3, -0.25) is 0 Å². The molecule has 0 fully saturated rings. The van der Waals surface area contributed by atoms with Gasteiger partial charge in [0.2, 0.25) is 0 Å². The van der Waals surface area contributed by atoms with Gasteiger partial charge < -0.3 is 5.11 Å². The van der Waals surface area contributed by atoms with Crippen LogP contribution in [0.5, 0.6) is 0 Å². The SMILES string of the molecule is CS(=O)(=O)CCC(O)c1cccc(F)c1F. The second kappa shape index (κ2) is 4.88. The number of halogens is 2. The Hall–Kier alpha value is -1.01. The number of benzene rings is 1. The Morgan fingerprint density at radius 1 is 1.38 bits per heavy atom. The minimum atomic E-state index is -3.23. The zero-order valence-electron chi connectivity index (χ0n) is 8.65. The molecule has 0 aliphatic rings. The van der Waals surface area contributed by atoms with Crippen LogP contribution < -0.4 is 0 Å². The van der Waals surface area contributed by atoms with Crippen LogP contribution in [0.3, 0.4) is 0 Å². The highest BCUT2D eigenvalue weighted by atomic mass is 32.2. The summed E-state index contributed by atoms with van der Waals surface area (Å²) in [5.74, 6) is -2.47. The number of hydrogen-bond donors (Lipinski definition) is 1. The van der Waals surface area contributed by atoms with E-state index in [2.05, 4.69) is 0 Å². The van der Waals surface area contributed by atoms with Crippen molar-refractivity contribution in [3.8, 4) is 0 Å². The molecule has 0 saturated heterocycles. The highest BCUT2D eigenvalue weighted by molar-refractivity contribution is 7.90. The van der Waals surface area contributed by atoms with Crippen molar-refractivity contribution in [3.63, 3.8) is 0 Å². The largest absolute Gasteiger partial charge is 0.388 e. The van der Waals surface area contributed by atoms with E-state index in [4.69, 9.17) is 0 Å². The van der Waals surface area contributed by atoms with Gasteiger partial charge in [-0.05, 0) is 12.5 Å². The molecule has 1 atom stereocenters. The van der Waals surface area contributed by atoms with Crippen LogP contribution in [0.25, 0.3) is 0 Å². The molecule has 1 aromatic carbocycles. The lowest BCUT2D eigenvalue weighted by molar-refractivity contribution is 0.168. The average molecular weight is 250 g/mol. The number of sulfone groups is 1. The lowest BCUT2D eigenvalue weighted by Gasteiger charge is -2.11. The third-order valence-electron chi connectivity index (χ3n) is 2.10. The quantitative estimate of drug-likeness (QED) is 0.879. The maximum Gasteiger partial charge on any atom is 0.164 e. The third kappa shape index (κ3) is 3.53. The molecule has 0 spiro atoms. The molecule has 3 nitrogen and oxygen atoms in total. The fourth-order valence-electron chi connectivity index (χ4n) is 1.26. The van der Waals surface area contributed by atoms with Gasteiger partial charge in [0.05, 0.1) is 11.9 Å². The molecule has 0 saturated carbocycles. The highest BCUT2D eigenvalue weighted by Crippen LogP contribution is 2.22. The molecule has 0 aliphatic heterocycles. The van der Waals surface area contributed by atoms with E-state index in [1.54, 1.807) is 0 Å². The molecule has 6 heteroatoms. The van der Waals surface area contributed by atoms with Crippen molar-refractivity contribution < 1.29 is 22.3 Å².